The van der Waals surface area contributed by atoms with Crippen molar-refractivity contribution in [2.24, 2.45) is 11.8 Å². The molecule has 0 bridgehead atoms. The van der Waals surface area contributed by atoms with Crippen LogP contribution in [0.5, 0.6) is 0 Å². The van der Waals surface area contributed by atoms with Gasteiger partial charge in [-0.25, -0.2) is 4.68 Å². The molecular weight excluding hydrogens is 250 g/mol. The fraction of sp³-hybridized carbons (Fsp3) is 0.533. The van der Waals surface area contributed by atoms with Gasteiger partial charge >= 0.3 is 0 Å². The summed E-state index contributed by atoms with van der Waals surface area (Å²) in [6.45, 7) is 5.63. The molecule has 1 aliphatic rings. The molecule has 1 heterocycles. The number of hydrogen-bond acceptors (Lipinski definition) is 4. The van der Waals surface area contributed by atoms with Crippen molar-refractivity contribution in [3.05, 3.63) is 36.2 Å². The summed E-state index contributed by atoms with van der Waals surface area (Å²) in [6, 6.07) is 8.69. The Bertz CT molecular complexity index is 547. The van der Waals surface area contributed by atoms with Crippen LogP contribution >= 0.6 is 0 Å². The zero-order valence-electron chi connectivity index (χ0n) is 12.0. The first-order chi connectivity index (χ1) is 9.74. The first-order valence-corrected chi connectivity index (χ1v) is 7.31. The maximum Gasteiger partial charge on any atom is 0.143 e. The van der Waals surface area contributed by atoms with Crippen molar-refractivity contribution in [2.75, 3.05) is 6.54 Å². The zero-order chi connectivity index (χ0) is 13.9. The molecule has 2 atom stereocenters. The number of aromatic nitrogens is 4. The molecule has 2 unspecified atom stereocenters. The van der Waals surface area contributed by atoms with E-state index in [1.165, 1.54) is 18.4 Å². The monoisotopic (exact) mass is 271 g/mol. The lowest BCUT2D eigenvalue weighted by atomic mass is 10.0. The molecule has 0 amide bonds. The lowest BCUT2D eigenvalue weighted by Gasteiger charge is -2.18. The molecule has 5 heteroatoms. The van der Waals surface area contributed by atoms with Crippen LogP contribution in [0.3, 0.4) is 0 Å². The van der Waals surface area contributed by atoms with Gasteiger partial charge in [0.1, 0.15) is 6.33 Å². The maximum atomic E-state index is 3.93. The molecule has 1 aliphatic carbocycles. The highest BCUT2D eigenvalue weighted by Gasteiger charge is 2.27. The van der Waals surface area contributed by atoms with Gasteiger partial charge in [0.15, 0.2) is 0 Å². The summed E-state index contributed by atoms with van der Waals surface area (Å²) in [5.41, 5.74) is 2.26. The van der Waals surface area contributed by atoms with Crippen molar-refractivity contribution >= 4 is 0 Å². The van der Waals surface area contributed by atoms with Gasteiger partial charge in [0.05, 0.1) is 5.69 Å². The van der Waals surface area contributed by atoms with Crippen molar-refractivity contribution in [1.29, 1.82) is 0 Å². The van der Waals surface area contributed by atoms with Crippen LogP contribution in [0.25, 0.3) is 5.69 Å². The minimum Gasteiger partial charge on any atom is -0.310 e. The van der Waals surface area contributed by atoms with Crippen LogP contribution in [0.15, 0.2) is 30.6 Å². The van der Waals surface area contributed by atoms with Gasteiger partial charge in [-0.2, -0.15) is 0 Å². The van der Waals surface area contributed by atoms with Gasteiger partial charge in [0, 0.05) is 6.04 Å². The average Bonchev–Trinajstić information content (AvgIpc) is 3.19. The lowest BCUT2D eigenvalue weighted by Crippen LogP contribution is -2.25. The molecule has 1 N–H and O–H groups in total. The third-order valence-electron chi connectivity index (χ3n) is 4.16. The van der Waals surface area contributed by atoms with E-state index >= 15 is 0 Å². The summed E-state index contributed by atoms with van der Waals surface area (Å²) < 4.78 is 1.68. The van der Waals surface area contributed by atoms with Crippen molar-refractivity contribution in [3.8, 4) is 5.69 Å². The first kappa shape index (κ1) is 13.2. The van der Waals surface area contributed by atoms with E-state index in [-0.39, 0.29) is 0 Å². The van der Waals surface area contributed by atoms with E-state index in [4.69, 9.17) is 0 Å². The summed E-state index contributed by atoms with van der Waals surface area (Å²) in [5, 5.41) is 14.9. The topological polar surface area (TPSA) is 55.6 Å². The van der Waals surface area contributed by atoms with Crippen molar-refractivity contribution in [2.45, 2.75) is 32.7 Å². The first-order valence-electron chi connectivity index (χ1n) is 7.31. The smallest absolute Gasteiger partial charge is 0.143 e. The fourth-order valence-corrected chi connectivity index (χ4v) is 2.53. The Balaban J connectivity index is 1.65. The van der Waals surface area contributed by atoms with Gasteiger partial charge < -0.3 is 5.32 Å². The zero-order valence-corrected chi connectivity index (χ0v) is 12.0. The van der Waals surface area contributed by atoms with Crippen LogP contribution in [0.4, 0.5) is 0 Å². The van der Waals surface area contributed by atoms with Crippen LogP contribution in [0.2, 0.25) is 0 Å². The number of nitrogens with one attached hydrogen (secondary N) is 1. The van der Waals surface area contributed by atoms with Gasteiger partial charge in [0.25, 0.3) is 0 Å². The fourth-order valence-electron chi connectivity index (χ4n) is 2.53. The van der Waals surface area contributed by atoms with E-state index in [0.29, 0.717) is 6.04 Å². The molecule has 1 aromatic heterocycles. The molecule has 1 aromatic carbocycles. The van der Waals surface area contributed by atoms with E-state index < -0.39 is 0 Å². The Labute approximate surface area is 119 Å². The third-order valence-corrected chi connectivity index (χ3v) is 4.16. The van der Waals surface area contributed by atoms with Gasteiger partial charge in [-0.3, -0.25) is 0 Å². The Morgan fingerprint density at radius 3 is 2.90 bits per heavy atom. The second-order valence-corrected chi connectivity index (χ2v) is 5.79. The predicted molar refractivity (Wildman–Crippen MR) is 77.5 cm³/mol. The normalized spacial score (nSPS) is 17.9. The molecule has 1 fully saturated rings. The highest BCUT2D eigenvalue weighted by atomic mass is 15.5. The molecular formula is C15H21N5. The van der Waals surface area contributed by atoms with Crippen molar-refractivity contribution in [3.63, 3.8) is 0 Å². The highest BCUT2D eigenvalue weighted by Crippen LogP contribution is 2.36. The minimum absolute atomic E-state index is 0.340. The van der Waals surface area contributed by atoms with Crippen molar-refractivity contribution in [1.82, 2.24) is 25.5 Å². The minimum atomic E-state index is 0.340. The Hall–Kier alpha value is -1.75. The number of tetrazole rings is 1. The van der Waals surface area contributed by atoms with Crippen LogP contribution in [-0.2, 0) is 0 Å². The Morgan fingerprint density at radius 2 is 2.20 bits per heavy atom. The standard InChI is InChI=1S/C15H21N5/c1-11(13-6-7-13)9-16-12(2)14-4-3-5-15(8-14)20-10-17-18-19-20/h3-5,8,10-13,16H,6-7,9H2,1-2H3. The van der Waals surface area contributed by atoms with Crippen LogP contribution in [0, 0.1) is 11.8 Å². The van der Waals surface area contributed by atoms with E-state index in [1.54, 1.807) is 11.0 Å². The number of hydrogen-bond donors (Lipinski definition) is 1. The lowest BCUT2D eigenvalue weighted by molar-refractivity contribution is 0.432. The molecule has 5 nitrogen and oxygen atoms in total. The number of rotatable bonds is 6. The van der Waals surface area contributed by atoms with E-state index in [2.05, 4.69) is 52.9 Å². The van der Waals surface area contributed by atoms with Gasteiger partial charge in [0.2, 0.25) is 0 Å². The molecule has 0 spiro atoms. The summed E-state index contributed by atoms with van der Waals surface area (Å²) in [4.78, 5) is 0. The summed E-state index contributed by atoms with van der Waals surface area (Å²) >= 11 is 0. The van der Waals surface area contributed by atoms with E-state index in [0.717, 1.165) is 24.1 Å². The number of benzene rings is 1. The van der Waals surface area contributed by atoms with E-state index in [9.17, 15) is 0 Å². The molecule has 1 saturated carbocycles. The molecule has 3 rings (SSSR count). The second kappa shape index (κ2) is 5.71. The number of nitrogens with zero attached hydrogens (tertiary/aromatic N) is 4. The highest BCUT2D eigenvalue weighted by molar-refractivity contribution is 5.35. The van der Waals surface area contributed by atoms with Crippen LogP contribution in [-0.4, -0.2) is 26.8 Å². The third kappa shape index (κ3) is 3.04. The molecule has 0 saturated heterocycles. The Morgan fingerprint density at radius 1 is 1.35 bits per heavy atom. The van der Waals surface area contributed by atoms with Crippen molar-refractivity contribution < 1.29 is 0 Å². The quantitative estimate of drug-likeness (QED) is 0.876. The largest absolute Gasteiger partial charge is 0.310 e. The average molecular weight is 271 g/mol. The maximum absolute atomic E-state index is 3.93. The predicted octanol–water partition coefficient (Wildman–Crippen LogP) is 2.36. The van der Waals surface area contributed by atoms with Crippen LogP contribution in [0.1, 0.15) is 38.3 Å². The van der Waals surface area contributed by atoms with Crippen LogP contribution < -0.4 is 5.32 Å². The SMILES string of the molecule is CC(NCC(C)C1CC1)c1cccc(-n2cnnn2)c1. The summed E-state index contributed by atoms with van der Waals surface area (Å²) in [5.74, 6) is 1.72. The summed E-state index contributed by atoms with van der Waals surface area (Å²) in [6.07, 6.45) is 4.43. The molecule has 0 aliphatic heterocycles. The summed E-state index contributed by atoms with van der Waals surface area (Å²) in [7, 11) is 0. The van der Waals surface area contributed by atoms with Gasteiger partial charge in [-0.05, 0) is 66.3 Å². The van der Waals surface area contributed by atoms with E-state index in [1.807, 2.05) is 6.07 Å². The molecule has 0 radical (unpaired) electrons. The molecule has 2 aromatic rings. The second-order valence-electron chi connectivity index (χ2n) is 5.79. The van der Waals surface area contributed by atoms with Gasteiger partial charge in [-0.15, -0.1) is 5.10 Å². The van der Waals surface area contributed by atoms with Gasteiger partial charge in [-0.1, -0.05) is 19.1 Å². The molecule has 106 valence electrons. The molecule has 20 heavy (non-hydrogen) atoms. The Kier molecular flexibility index (Phi) is 3.78.